The maximum Gasteiger partial charge on any atom is 0.328 e. The Morgan fingerprint density at radius 1 is 1.19 bits per heavy atom. The molecule has 0 bridgehead atoms. The summed E-state index contributed by atoms with van der Waals surface area (Å²) in [6.07, 6.45) is 1.55. The van der Waals surface area contributed by atoms with Gasteiger partial charge in [0, 0.05) is 42.1 Å². The molecule has 4 rings (SSSR count). The summed E-state index contributed by atoms with van der Waals surface area (Å²) in [5.41, 5.74) is 1.58. The molecule has 162 valence electrons. The van der Waals surface area contributed by atoms with E-state index < -0.39 is 16.4 Å². The van der Waals surface area contributed by atoms with E-state index >= 15 is 0 Å². The molecule has 31 heavy (non-hydrogen) atoms. The summed E-state index contributed by atoms with van der Waals surface area (Å²) < 4.78 is 24.9. The SMILES string of the molecule is COc1cc(F)c([N+](=O)[O-])c(N2CCC(c3nc(-c4ccccc4OC)cs3)CC2)c1. The third kappa shape index (κ3) is 4.18. The minimum Gasteiger partial charge on any atom is -0.497 e. The van der Waals surface area contributed by atoms with Crippen LogP contribution in [0.2, 0.25) is 0 Å². The molecule has 1 saturated heterocycles. The van der Waals surface area contributed by atoms with Gasteiger partial charge in [-0.2, -0.15) is 4.39 Å². The fraction of sp³-hybridized carbons (Fsp3) is 0.318. The first-order valence-electron chi connectivity index (χ1n) is 9.87. The Kier molecular flexibility index (Phi) is 6.03. The molecule has 1 aromatic heterocycles. The van der Waals surface area contributed by atoms with Crippen molar-refractivity contribution in [3.63, 3.8) is 0 Å². The topological polar surface area (TPSA) is 77.7 Å². The molecule has 0 aliphatic carbocycles. The van der Waals surface area contributed by atoms with Gasteiger partial charge in [0.15, 0.2) is 0 Å². The van der Waals surface area contributed by atoms with E-state index in [0.29, 0.717) is 13.1 Å². The van der Waals surface area contributed by atoms with Crippen LogP contribution in [-0.4, -0.2) is 37.2 Å². The normalized spacial score (nSPS) is 14.5. The number of hydrogen-bond acceptors (Lipinski definition) is 7. The molecule has 0 unspecified atom stereocenters. The van der Waals surface area contributed by atoms with Crippen LogP contribution in [0, 0.1) is 15.9 Å². The number of hydrogen-bond donors (Lipinski definition) is 0. The molecule has 0 spiro atoms. The van der Waals surface area contributed by atoms with Crippen LogP contribution < -0.4 is 14.4 Å². The summed E-state index contributed by atoms with van der Waals surface area (Å²) in [5.74, 6) is 0.408. The van der Waals surface area contributed by atoms with E-state index in [1.54, 1.807) is 18.4 Å². The molecule has 0 N–H and O–H groups in total. The first kappa shape index (κ1) is 21.0. The zero-order valence-corrected chi connectivity index (χ0v) is 18.0. The molecule has 0 amide bonds. The highest BCUT2D eigenvalue weighted by molar-refractivity contribution is 7.10. The van der Waals surface area contributed by atoms with Gasteiger partial charge < -0.3 is 14.4 Å². The lowest BCUT2D eigenvalue weighted by atomic mass is 9.96. The van der Waals surface area contributed by atoms with Gasteiger partial charge in [0.25, 0.3) is 0 Å². The van der Waals surface area contributed by atoms with Gasteiger partial charge in [0.05, 0.1) is 29.8 Å². The molecule has 0 saturated carbocycles. The number of nitro benzene ring substituents is 1. The van der Waals surface area contributed by atoms with E-state index in [4.69, 9.17) is 14.5 Å². The molecule has 1 fully saturated rings. The lowest BCUT2D eigenvalue weighted by Crippen LogP contribution is -2.33. The number of anilines is 1. The van der Waals surface area contributed by atoms with Gasteiger partial charge in [-0.3, -0.25) is 10.1 Å². The number of methoxy groups -OCH3 is 2. The zero-order chi connectivity index (χ0) is 22.0. The van der Waals surface area contributed by atoms with Crippen LogP contribution in [0.4, 0.5) is 15.8 Å². The Hall–Kier alpha value is -3.20. The van der Waals surface area contributed by atoms with Gasteiger partial charge in [-0.15, -0.1) is 11.3 Å². The average molecular weight is 444 g/mol. The fourth-order valence-corrected chi connectivity index (χ4v) is 4.91. The quantitative estimate of drug-likeness (QED) is 0.382. The number of ether oxygens (including phenoxy) is 2. The summed E-state index contributed by atoms with van der Waals surface area (Å²) in [6.45, 7) is 1.14. The van der Waals surface area contributed by atoms with Crippen molar-refractivity contribution in [2.75, 3.05) is 32.2 Å². The van der Waals surface area contributed by atoms with Gasteiger partial charge in [-0.25, -0.2) is 4.98 Å². The molecular weight excluding hydrogens is 421 g/mol. The Morgan fingerprint density at radius 3 is 2.61 bits per heavy atom. The minimum atomic E-state index is -0.886. The van der Waals surface area contributed by atoms with Crippen molar-refractivity contribution < 1.29 is 18.8 Å². The first-order valence-corrected chi connectivity index (χ1v) is 10.8. The lowest BCUT2D eigenvalue weighted by Gasteiger charge is -2.32. The van der Waals surface area contributed by atoms with Crippen molar-refractivity contribution >= 4 is 22.7 Å². The molecule has 9 heteroatoms. The predicted octanol–water partition coefficient (Wildman–Crippen LogP) is 5.26. The predicted molar refractivity (Wildman–Crippen MR) is 118 cm³/mol. The second-order valence-electron chi connectivity index (χ2n) is 7.27. The molecule has 0 atom stereocenters. The third-order valence-corrected chi connectivity index (χ3v) is 6.53. The summed E-state index contributed by atoms with van der Waals surface area (Å²) in [4.78, 5) is 17.5. The number of rotatable bonds is 6. The Bertz CT molecular complexity index is 1100. The maximum absolute atomic E-state index is 14.3. The largest absolute Gasteiger partial charge is 0.497 e. The number of para-hydroxylation sites is 1. The van der Waals surface area contributed by atoms with E-state index in [-0.39, 0.29) is 17.4 Å². The van der Waals surface area contributed by atoms with Crippen LogP contribution in [0.5, 0.6) is 11.5 Å². The zero-order valence-electron chi connectivity index (χ0n) is 17.2. The second kappa shape index (κ2) is 8.89. The maximum atomic E-state index is 14.3. The van der Waals surface area contributed by atoms with Crippen molar-refractivity contribution in [3.8, 4) is 22.8 Å². The van der Waals surface area contributed by atoms with E-state index in [2.05, 4.69) is 0 Å². The van der Waals surface area contributed by atoms with Crippen LogP contribution in [0.25, 0.3) is 11.3 Å². The highest BCUT2D eigenvalue weighted by Crippen LogP contribution is 2.40. The molecule has 1 aliphatic heterocycles. The van der Waals surface area contributed by atoms with Crippen LogP contribution in [0.15, 0.2) is 41.8 Å². The monoisotopic (exact) mass is 443 g/mol. The average Bonchev–Trinajstić information content (AvgIpc) is 3.28. The fourth-order valence-electron chi connectivity index (χ4n) is 3.92. The minimum absolute atomic E-state index is 0.249. The van der Waals surface area contributed by atoms with E-state index in [9.17, 15) is 14.5 Å². The molecule has 1 aliphatic rings. The molecular formula is C22H22FN3O4S. The Balaban J connectivity index is 1.52. The number of benzene rings is 2. The highest BCUT2D eigenvalue weighted by atomic mass is 32.1. The van der Waals surface area contributed by atoms with Crippen LogP contribution in [-0.2, 0) is 0 Å². The number of aromatic nitrogens is 1. The number of nitro groups is 1. The molecule has 7 nitrogen and oxygen atoms in total. The van der Waals surface area contributed by atoms with Crippen molar-refractivity contribution in [1.82, 2.24) is 4.98 Å². The third-order valence-electron chi connectivity index (χ3n) is 5.52. The van der Waals surface area contributed by atoms with Crippen molar-refractivity contribution in [1.29, 1.82) is 0 Å². The smallest absolute Gasteiger partial charge is 0.328 e. The van der Waals surface area contributed by atoms with Gasteiger partial charge >= 0.3 is 5.69 Å². The first-order chi connectivity index (χ1) is 15.0. The van der Waals surface area contributed by atoms with Gasteiger partial charge in [0.2, 0.25) is 5.82 Å². The summed E-state index contributed by atoms with van der Waals surface area (Å²) >= 11 is 1.61. The van der Waals surface area contributed by atoms with Crippen LogP contribution in [0.3, 0.4) is 0 Å². The molecule has 2 aromatic carbocycles. The van der Waals surface area contributed by atoms with Crippen LogP contribution in [0.1, 0.15) is 23.8 Å². The van der Waals surface area contributed by atoms with E-state index in [1.807, 2.05) is 34.5 Å². The number of piperidine rings is 1. The summed E-state index contributed by atoms with van der Waals surface area (Å²) in [7, 11) is 3.06. The highest BCUT2D eigenvalue weighted by Gasteiger charge is 2.30. The van der Waals surface area contributed by atoms with Gasteiger partial charge in [0.1, 0.15) is 17.2 Å². The molecule has 2 heterocycles. The summed E-state index contributed by atoms with van der Waals surface area (Å²) in [6, 6.07) is 10.3. The van der Waals surface area contributed by atoms with Crippen LogP contribution >= 0.6 is 11.3 Å². The van der Waals surface area contributed by atoms with Gasteiger partial charge in [-0.05, 0) is 25.0 Å². The van der Waals surface area contributed by atoms with Crippen molar-refractivity contribution in [2.45, 2.75) is 18.8 Å². The number of thiazole rings is 1. The van der Waals surface area contributed by atoms with E-state index in [1.165, 1.54) is 13.2 Å². The number of halogens is 1. The van der Waals surface area contributed by atoms with Crippen molar-refractivity contribution in [3.05, 3.63) is 62.7 Å². The number of nitrogens with zero attached hydrogens (tertiary/aromatic N) is 3. The van der Waals surface area contributed by atoms with E-state index in [0.717, 1.165) is 40.9 Å². The summed E-state index contributed by atoms with van der Waals surface area (Å²) in [5, 5.41) is 14.5. The molecule has 0 radical (unpaired) electrons. The van der Waals surface area contributed by atoms with Gasteiger partial charge in [-0.1, -0.05) is 12.1 Å². The molecule has 3 aromatic rings. The second-order valence-corrected chi connectivity index (χ2v) is 8.16. The lowest BCUT2D eigenvalue weighted by molar-refractivity contribution is -0.386. The Morgan fingerprint density at radius 2 is 1.94 bits per heavy atom. The van der Waals surface area contributed by atoms with Crippen molar-refractivity contribution in [2.24, 2.45) is 0 Å². The standard InChI is InChI=1S/C22H22FN3O4S/c1-29-15-11-17(23)21(26(27)28)19(12-15)25-9-7-14(8-10-25)22-24-18(13-31-22)16-5-3-4-6-20(16)30-2/h3-6,11-14H,7-10H2,1-2H3. The Labute approximate surface area is 183 Å².